The van der Waals surface area contributed by atoms with Crippen molar-refractivity contribution in [3.05, 3.63) is 0 Å². The molecule has 2 unspecified atom stereocenters. The number of Topliss-reactive ketones (excluding diaryl/α,β-unsaturated/α-hetero) is 1. The van der Waals surface area contributed by atoms with Crippen LogP contribution in [0.4, 0.5) is 8.78 Å². The van der Waals surface area contributed by atoms with Crippen LogP contribution in [0.2, 0.25) is 0 Å². The molecule has 0 fully saturated rings. The predicted molar refractivity (Wildman–Crippen MR) is 40.4 cm³/mol. The molecule has 0 amide bonds. The molecular formula is C7H11F2NO3. The molecule has 0 saturated heterocycles. The lowest BCUT2D eigenvalue weighted by Crippen LogP contribution is -2.37. The van der Waals surface area contributed by atoms with E-state index in [1.54, 1.807) is 0 Å². The third-order valence-electron chi connectivity index (χ3n) is 1.51. The van der Waals surface area contributed by atoms with E-state index in [0.29, 0.717) is 0 Å². The lowest BCUT2D eigenvalue weighted by molar-refractivity contribution is -0.144. The number of carbonyl (C=O) groups is 2. The molecule has 76 valence electrons. The fraction of sp³-hybridized carbons (Fsp3) is 0.714. The van der Waals surface area contributed by atoms with E-state index in [4.69, 9.17) is 10.8 Å². The van der Waals surface area contributed by atoms with E-state index >= 15 is 0 Å². The largest absolute Gasteiger partial charge is 0.481 e. The summed E-state index contributed by atoms with van der Waals surface area (Å²) >= 11 is 0. The van der Waals surface area contributed by atoms with E-state index in [1.807, 2.05) is 0 Å². The number of carbonyl (C=O) groups excluding carboxylic acids is 1. The highest BCUT2D eigenvalue weighted by Crippen LogP contribution is 2.16. The molecule has 0 aliphatic carbocycles. The Hall–Kier alpha value is -1.04. The molecule has 13 heavy (non-hydrogen) atoms. The number of hydrogen-bond acceptors (Lipinski definition) is 3. The van der Waals surface area contributed by atoms with Crippen LogP contribution in [-0.4, -0.2) is 29.3 Å². The van der Waals surface area contributed by atoms with E-state index in [0.717, 1.165) is 0 Å². The second-order valence-corrected chi connectivity index (χ2v) is 2.73. The molecule has 0 aliphatic rings. The molecule has 0 rings (SSSR count). The monoisotopic (exact) mass is 195 g/mol. The van der Waals surface area contributed by atoms with Crippen LogP contribution < -0.4 is 5.73 Å². The average molecular weight is 195 g/mol. The van der Waals surface area contributed by atoms with Crippen LogP contribution in [-0.2, 0) is 9.59 Å². The molecular weight excluding hydrogens is 184 g/mol. The molecule has 4 nitrogen and oxygen atoms in total. The average Bonchev–Trinajstić information content (AvgIpc) is 1.97. The Morgan fingerprint density at radius 2 is 1.92 bits per heavy atom. The van der Waals surface area contributed by atoms with Gasteiger partial charge in [0.15, 0.2) is 5.78 Å². The van der Waals surface area contributed by atoms with Crippen LogP contribution in [0.25, 0.3) is 0 Å². The zero-order valence-electron chi connectivity index (χ0n) is 7.04. The van der Waals surface area contributed by atoms with Crippen LogP contribution in [0, 0.1) is 5.92 Å². The second-order valence-electron chi connectivity index (χ2n) is 2.73. The topological polar surface area (TPSA) is 80.4 Å². The van der Waals surface area contributed by atoms with Crippen molar-refractivity contribution in [2.45, 2.75) is 25.8 Å². The van der Waals surface area contributed by atoms with Crippen LogP contribution in [0.1, 0.15) is 13.3 Å². The van der Waals surface area contributed by atoms with Crippen molar-refractivity contribution in [1.29, 1.82) is 0 Å². The summed E-state index contributed by atoms with van der Waals surface area (Å²) < 4.78 is 24.3. The number of alkyl halides is 2. The molecule has 6 heteroatoms. The molecule has 0 aromatic rings. The standard InChI is InChI=1S/C7H11F2NO3/c1-3(10)6(13)4(7(8)9)2-5(11)12/h3-4,7H,2,10H2,1H3,(H,11,12). The summed E-state index contributed by atoms with van der Waals surface area (Å²) in [5.41, 5.74) is 5.07. The fourth-order valence-electron chi connectivity index (χ4n) is 0.840. The minimum Gasteiger partial charge on any atom is -0.481 e. The van der Waals surface area contributed by atoms with E-state index in [9.17, 15) is 18.4 Å². The highest BCUT2D eigenvalue weighted by molar-refractivity contribution is 5.88. The van der Waals surface area contributed by atoms with Crippen molar-refractivity contribution in [2.75, 3.05) is 0 Å². The molecule has 0 radical (unpaired) electrons. The Bertz CT molecular complexity index is 206. The zero-order valence-corrected chi connectivity index (χ0v) is 7.04. The summed E-state index contributed by atoms with van der Waals surface area (Å²) in [6.45, 7) is 1.25. The van der Waals surface area contributed by atoms with Crippen molar-refractivity contribution in [2.24, 2.45) is 11.7 Å². The summed E-state index contributed by atoms with van der Waals surface area (Å²) in [6, 6.07) is -1.06. The number of hydrogen-bond donors (Lipinski definition) is 2. The smallest absolute Gasteiger partial charge is 0.304 e. The van der Waals surface area contributed by atoms with Gasteiger partial charge in [-0.25, -0.2) is 8.78 Å². The van der Waals surface area contributed by atoms with Gasteiger partial charge in [0.2, 0.25) is 6.43 Å². The van der Waals surface area contributed by atoms with E-state index in [2.05, 4.69) is 0 Å². The molecule has 0 saturated carbocycles. The van der Waals surface area contributed by atoms with Gasteiger partial charge in [-0.3, -0.25) is 9.59 Å². The van der Waals surface area contributed by atoms with Crippen molar-refractivity contribution >= 4 is 11.8 Å². The molecule has 2 atom stereocenters. The van der Waals surface area contributed by atoms with Gasteiger partial charge in [-0.1, -0.05) is 0 Å². The van der Waals surface area contributed by atoms with Crippen LogP contribution in [0.5, 0.6) is 0 Å². The maximum absolute atomic E-state index is 12.1. The van der Waals surface area contributed by atoms with Gasteiger partial charge in [0.25, 0.3) is 0 Å². The van der Waals surface area contributed by atoms with Crippen molar-refractivity contribution in [1.82, 2.24) is 0 Å². The summed E-state index contributed by atoms with van der Waals surface area (Å²) in [5, 5.41) is 8.24. The summed E-state index contributed by atoms with van der Waals surface area (Å²) in [4.78, 5) is 21.1. The first-order valence-electron chi connectivity index (χ1n) is 3.65. The van der Waals surface area contributed by atoms with Gasteiger partial charge in [-0.15, -0.1) is 0 Å². The van der Waals surface area contributed by atoms with Gasteiger partial charge in [-0.2, -0.15) is 0 Å². The normalized spacial score (nSPS) is 15.5. The lowest BCUT2D eigenvalue weighted by atomic mass is 9.96. The predicted octanol–water partition coefficient (Wildman–Crippen LogP) is 0.259. The molecule has 0 aliphatic heterocycles. The minimum atomic E-state index is -2.98. The summed E-state index contributed by atoms with van der Waals surface area (Å²) in [7, 11) is 0. The first-order chi connectivity index (χ1) is 5.86. The number of aliphatic carboxylic acids is 1. The zero-order chi connectivity index (χ0) is 10.6. The Morgan fingerprint density at radius 1 is 1.46 bits per heavy atom. The first-order valence-corrected chi connectivity index (χ1v) is 3.65. The van der Waals surface area contributed by atoms with Crippen molar-refractivity contribution in [3.63, 3.8) is 0 Å². The summed E-state index contributed by atoms with van der Waals surface area (Å²) in [6.07, 6.45) is -3.85. The van der Waals surface area contributed by atoms with Crippen LogP contribution in [0.3, 0.4) is 0 Å². The second kappa shape index (κ2) is 4.86. The maximum Gasteiger partial charge on any atom is 0.304 e. The van der Waals surface area contributed by atoms with Crippen LogP contribution >= 0.6 is 0 Å². The van der Waals surface area contributed by atoms with E-state index in [1.165, 1.54) is 6.92 Å². The number of carboxylic acid groups (broad SMARTS) is 1. The van der Waals surface area contributed by atoms with Gasteiger partial charge in [0.05, 0.1) is 18.4 Å². The number of nitrogens with two attached hydrogens (primary N) is 1. The number of ketones is 1. The van der Waals surface area contributed by atoms with Gasteiger partial charge in [0, 0.05) is 0 Å². The Morgan fingerprint density at radius 3 is 2.15 bits per heavy atom. The van der Waals surface area contributed by atoms with E-state index < -0.39 is 36.6 Å². The van der Waals surface area contributed by atoms with Crippen molar-refractivity contribution < 1.29 is 23.5 Å². The third kappa shape index (κ3) is 3.93. The number of rotatable bonds is 5. The van der Waals surface area contributed by atoms with Gasteiger partial charge >= 0.3 is 5.97 Å². The van der Waals surface area contributed by atoms with Crippen LogP contribution in [0.15, 0.2) is 0 Å². The Kier molecular flexibility index (Phi) is 4.47. The molecule has 0 spiro atoms. The SMILES string of the molecule is CC(N)C(=O)C(CC(=O)O)C(F)F. The van der Waals surface area contributed by atoms with Gasteiger partial charge < -0.3 is 10.8 Å². The molecule has 3 N–H and O–H groups in total. The summed E-state index contributed by atoms with van der Waals surface area (Å²) in [5.74, 6) is -4.14. The molecule has 0 heterocycles. The quantitative estimate of drug-likeness (QED) is 0.659. The van der Waals surface area contributed by atoms with Gasteiger partial charge in [-0.05, 0) is 6.92 Å². The Labute approximate surface area is 73.7 Å². The first kappa shape index (κ1) is 12.0. The third-order valence-corrected chi connectivity index (χ3v) is 1.51. The van der Waals surface area contributed by atoms with Crippen molar-refractivity contribution in [3.8, 4) is 0 Å². The molecule has 0 bridgehead atoms. The lowest BCUT2D eigenvalue weighted by Gasteiger charge is -2.14. The number of carboxylic acids is 1. The number of halogens is 2. The highest BCUT2D eigenvalue weighted by atomic mass is 19.3. The fourth-order valence-corrected chi connectivity index (χ4v) is 0.840. The Balaban J connectivity index is 4.42. The minimum absolute atomic E-state index is 0.877. The van der Waals surface area contributed by atoms with Gasteiger partial charge in [0.1, 0.15) is 0 Å². The highest BCUT2D eigenvalue weighted by Gasteiger charge is 2.32. The molecule has 0 aromatic heterocycles. The van der Waals surface area contributed by atoms with E-state index in [-0.39, 0.29) is 0 Å². The maximum atomic E-state index is 12.1. The molecule has 0 aromatic carbocycles.